The molecule has 15 heavy (non-hydrogen) atoms. The molecule has 0 saturated heterocycles. The Morgan fingerprint density at radius 3 is 2.13 bits per heavy atom. The zero-order valence-corrected chi connectivity index (χ0v) is 8.76. The van der Waals surface area contributed by atoms with E-state index in [2.05, 4.69) is 41.2 Å². The van der Waals surface area contributed by atoms with E-state index in [4.69, 9.17) is 5.73 Å². The van der Waals surface area contributed by atoms with Crippen LogP contribution >= 0.6 is 0 Å². The summed E-state index contributed by atoms with van der Waals surface area (Å²) >= 11 is 0. The third kappa shape index (κ3) is 2.70. The molecule has 1 heterocycles. The van der Waals surface area contributed by atoms with E-state index in [1.165, 1.54) is 11.1 Å². The van der Waals surface area contributed by atoms with Gasteiger partial charge in [-0.15, -0.1) is 0 Å². The fourth-order valence-corrected chi connectivity index (χ4v) is 1.66. The van der Waals surface area contributed by atoms with Crippen LogP contribution < -0.4 is 5.73 Å². The minimum atomic E-state index is 0.719. The number of benzene rings is 1. The van der Waals surface area contributed by atoms with Gasteiger partial charge in [-0.05, 0) is 36.2 Å². The Morgan fingerprint density at radius 2 is 1.53 bits per heavy atom. The second-order valence-electron chi connectivity index (χ2n) is 3.71. The Labute approximate surface area is 90.3 Å². The molecule has 0 aliphatic heterocycles. The highest BCUT2D eigenvalue weighted by molar-refractivity contribution is 5.23. The van der Waals surface area contributed by atoms with E-state index in [0.717, 1.165) is 19.5 Å². The summed E-state index contributed by atoms with van der Waals surface area (Å²) < 4.78 is 2.16. The number of aromatic nitrogens is 1. The van der Waals surface area contributed by atoms with Gasteiger partial charge in [-0.3, -0.25) is 0 Å². The van der Waals surface area contributed by atoms with Crippen molar-refractivity contribution in [1.29, 1.82) is 0 Å². The molecule has 1 aromatic carbocycles. The molecular weight excluding hydrogens is 184 g/mol. The maximum Gasteiger partial charge on any atom is 0.0470 e. The van der Waals surface area contributed by atoms with Crippen molar-refractivity contribution in [2.75, 3.05) is 6.54 Å². The van der Waals surface area contributed by atoms with Crippen LogP contribution in [-0.2, 0) is 13.0 Å². The second-order valence-corrected chi connectivity index (χ2v) is 3.71. The molecule has 2 N–H and O–H groups in total. The first-order valence-corrected chi connectivity index (χ1v) is 5.27. The standard InChI is InChI=1S/C13H16N2/c14-8-7-12-3-5-13(6-4-12)11-15-9-1-2-10-15/h1-6,9-10H,7-8,11,14H2. The van der Waals surface area contributed by atoms with Gasteiger partial charge in [0.1, 0.15) is 0 Å². The van der Waals surface area contributed by atoms with Crippen molar-refractivity contribution >= 4 is 0 Å². The lowest BCUT2D eigenvalue weighted by Crippen LogP contribution is -2.03. The topological polar surface area (TPSA) is 30.9 Å². The van der Waals surface area contributed by atoms with Crippen molar-refractivity contribution in [2.45, 2.75) is 13.0 Å². The quantitative estimate of drug-likeness (QED) is 0.804. The minimum Gasteiger partial charge on any atom is -0.350 e. The van der Waals surface area contributed by atoms with Crippen LogP contribution in [0.4, 0.5) is 0 Å². The van der Waals surface area contributed by atoms with E-state index in [1.807, 2.05) is 12.1 Å². The molecule has 0 aliphatic carbocycles. The van der Waals surface area contributed by atoms with E-state index in [0.29, 0.717) is 0 Å². The predicted molar refractivity (Wildman–Crippen MR) is 62.7 cm³/mol. The highest BCUT2D eigenvalue weighted by Crippen LogP contribution is 2.06. The number of hydrogen-bond donors (Lipinski definition) is 1. The molecule has 2 aromatic rings. The minimum absolute atomic E-state index is 0.719. The monoisotopic (exact) mass is 200 g/mol. The molecule has 0 amide bonds. The van der Waals surface area contributed by atoms with Gasteiger partial charge in [0.2, 0.25) is 0 Å². The van der Waals surface area contributed by atoms with E-state index in [1.54, 1.807) is 0 Å². The summed E-state index contributed by atoms with van der Waals surface area (Å²) in [4.78, 5) is 0. The van der Waals surface area contributed by atoms with Gasteiger partial charge < -0.3 is 10.3 Å². The number of nitrogens with two attached hydrogens (primary N) is 1. The van der Waals surface area contributed by atoms with Crippen molar-refractivity contribution in [3.8, 4) is 0 Å². The molecule has 78 valence electrons. The van der Waals surface area contributed by atoms with Crippen LogP contribution in [-0.4, -0.2) is 11.1 Å². The molecule has 0 spiro atoms. The summed E-state index contributed by atoms with van der Waals surface area (Å²) in [5.74, 6) is 0. The molecule has 0 fully saturated rings. The van der Waals surface area contributed by atoms with Gasteiger partial charge in [0.15, 0.2) is 0 Å². The Kier molecular flexibility index (Phi) is 3.20. The normalized spacial score (nSPS) is 10.5. The first kappa shape index (κ1) is 9.99. The Bertz CT molecular complexity index is 387. The van der Waals surface area contributed by atoms with Gasteiger partial charge in [-0.25, -0.2) is 0 Å². The fourth-order valence-electron chi connectivity index (χ4n) is 1.66. The summed E-state index contributed by atoms with van der Waals surface area (Å²) in [7, 11) is 0. The maximum absolute atomic E-state index is 5.50. The third-order valence-electron chi connectivity index (χ3n) is 2.49. The Hall–Kier alpha value is -1.54. The molecule has 0 atom stereocenters. The lowest BCUT2D eigenvalue weighted by molar-refractivity contribution is 0.805. The molecule has 2 heteroatoms. The first-order chi connectivity index (χ1) is 7.38. The summed E-state index contributed by atoms with van der Waals surface area (Å²) in [6.07, 6.45) is 5.12. The van der Waals surface area contributed by atoms with Crippen molar-refractivity contribution in [3.63, 3.8) is 0 Å². The van der Waals surface area contributed by atoms with Crippen molar-refractivity contribution in [3.05, 3.63) is 59.9 Å². The molecule has 2 nitrogen and oxygen atoms in total. The van der Waals surface area contributed by atoms with Gasteiger partial charge in [0, 0.05) is 18.9 Å². The number of hydrogen-bond acceptors (Lipinski definition) is 1. The second kappa shape index (κ2) is 4.80. The lowest BCUT2D eigenvalue weighted by atomic mass is 10.1. The molecule has 0 unspecified atom stereocenters. The zero-order chi connectivity index (χ0) is 10.5. The number of nitrogens with zero attached hydrogens (tertiary/aromatic N) is 1. The van der Waals surface area contributed by atoms with E-state index in [-0.39, 0.29) is 0 Å². The largest absolute Gasteiger partial charge is 0.350 e. The fraction of sp³-hybridized carbons (Fsp3) is 0.231. The molecule has 0 radical (unpaired) electrons. The van der Waals surface area contributed by atoms with E-state index >= 15 is 0 Å². The summed E-state index contributed by atoms with van der Waals surface area (Å²) in [6.45, 7) is 1.66. The highest BCUT2D eigenvalue weighted by Gasteiger charge is 1.95. The van der Waals surface area contributed by atoms with Crippen molar-refractivity contribution in [2.24, 2.45) is 5.73 Å². The van der Waals surface area contributed by atoms with Gasteiger partial charge in [0.25, 0.3) is 0 Å². The summed E-state index contributed by atoms with van der Waals surface area (Å²) in [5, 5.41) is 0. The zero-order valence-electron chi connectivity index (χ0n) is 8.76. The van der Waals surface area contributed by atoms with Crippen LogP contribution in [0.5, 0.6) is 0 Å². The highest BCUT2D eigenvalue weighted by atomic mass is 14.9. The van der Waals surface area contributed by atoms with Crippen LogP contribution in [0.2, 0.25) is 0 Å². The summed E-state index contributed by atoms with van der Waals surface area (Å²) in [6, 6.07) is 12.7. The SMILES string of the molecule is NCCc1ccc(Cn2cccc2)cc1. The maximum atomic E-state index is 5.50. The van der Waals surface area contributed by atoms with Crippen LogP contribution in [0.25, 0.3) is 0 Å². The Morgan fingerprint density at radius 1 is 0.933 bits per heavy atom. The van der Waals surface area contributed by atoms with E-state index < -0.39 is 0 Å². The van der Waals surface area contributed by atoms with Gasteiger partial charge >= 0.3 is 0 Å². The van der Waals surface area contributed by atoms with Gasteiger partial charge in [-0.1, -0.05) is 24.3 Å². The van der Waals surface area contributed by atoms with Crippen molar-refractivity contribution < 1.29 is 0 Å². The summed E-state index contributed by atoms with van der Waals surface area (Å²) in [5.41, 5.74) is 8.14. The van der Waals surface area contributed by atoms with Crippen LogP contribution in [0.15, 0.2) is 48.8 Å². The average molecular weight is 200 g/mol. The smallest absolute Gasteiger partial charge is 0.0470 e. The molecule has 0 saturated carbocycles. The van der Waals surface area contributed by atoms with E-state index in [9.17, 15) is 0 Å². The van der Waals surface area contributed by atoms with Gasteiger partial charge in [0.05, 0.1) is 0 Å². The molecular formula is C13H16N2. The first-order valence-electron chi connectivity index (χ1n) is 5.27. The lowest BCUT2D eigenvalue weighted by Gasteiger charge is -2.04. The van der Waals surface area contributed by atoms with Crippen LogP contribution in [0, 0.1) is 0 Å². The van der Waals surface area contributed by atoms with Crippen LogP contribution in [0.3, 0.4) is 0 Å². The Balaban J connectivity index is 2.04. The average Bonchev–Trinajstić information content (AvgIpc) is 2.74. The van der Waals surface area contributed by atoms with Crippen molar-refractivity contribution in [1.82, 2.24) is 4.57 Å². The predicted octanol–water partition coefficient (Wildman–Crippen LogP) is 2.04. The molecule has 1 aromatic heterocycles. The van der Waals surface area contributed by atoms with Gasteiger partial charge in [-0.2, -0.15) is 0 Å². The molecule has 2 rings (SSSR count). The third-order valence-corrected chi connectivity index (χ3v) is 2.49. The van der Waals surface area contributed by atoms with Crippen LogP contribution in [0.1, 0.15) is 11.1 Å². The molecule has 0 bridgehead atoms. The molecule has 0 aliphatic rings. The number of rotatable bonds is 4.